The van der Waals surface area contributed by atoms with Gasteiger partial charge in [0.05, 0.1) is 6.61 Å². The van der Waals surface area contributed by atoms with Crippen molar-refractivity contribution >= 4 is 17.4 Å². The first-order chi connectivity index (χ1) is 13.4. The number of ether oxygens (including phenoxy) is 2. The van der Waals surface area contributed by atoms with E-state index in [4.69, 9.17) is 9.47 Å². The molecule has 0 bridgehead atoms. The molecule has 0 amide bonds. The van der Waals surface area contributed by atoms with E-state index in [-0.39, 0.29) is 11.9 Å². The van der Waals surface area contributed by atoms with Crippen molar-refractivity contribution in [1.29, 1.82) is 0 Å². The highest BCUT2D eigenvalue weighted by Crippen LogP contribution is 2.44. The molecule has 146 valence electrons. The number of rotatable bonds is 6. The molecule has 0 saturated heterocycles. The molecule has 0 unspecified atom stereocenters. The summed E-state index contributed by atoms with van der Waals surface area (Å²) >= 11 is 0. The number of hydrogen-bond donors (Lipinski definition) is 0. The van der Waals surface area contributed by atoms with Crippen LogP contribution in [0.4, 0.5) is 4.39 Å². The molecule has 2 aromatic rings. The summed E-state index contributed by atoms with van der Waals surface area (Å²) in [4.78, 5) is 11.0. The Balaban J connectivity index is 2.24. The smallest absolute Gasteiger partial charge is 0.178 e. The molecular formula is C24H25FO3. The predicted octanol–water partition coefficient (Wildman–Crippen LogP) is 5.98. The Morgan fingerprint density at radius 3 is 2.57 bits per heavy atom. The zero-order valence-electron chi connectivity index (χ0n) is 16.7. The highest BCUT2D eigenvalue weighted by atomic mass is 19.1. The van der Waals surface area contributed by atoms with Gasteiger partial charge in [0.1, 0.15) is 17.1 Å². The van der Waals surface area contributed by atoms with Crippen LogP contribution < -0.4 is 9.47 Å². The van der Waals surface area contributed by atoms with E-state index >= 15 is 0 Å². The summed E-state index contributed by atoms with van der Waals surface area (Å²) in [5.41, 5.74) is 3.21. The minimum atomic E-state index is -0.802. The lowest BCUT2D eigenvalue weighted by molar-refractivity contribution is -0.106. The van der Waals surface area contributed by atoms with Crippen LogP contribution in [-0.2, 0) is 4.79 Å². The maximum atomic E-state index is 14.1. The first-order valence-corrected chi connectivity index (χ1v) is 9.46. The monoisotopic (exact) mass is 380 g/mol. The van der Waals surface area contributed by atoms with E-state index < -0.39 is 11.4 Å². The summed E-state index contributed by atoms with van der Waals surface area (Å²) in [5.74, 6) is 0.393. The van der Waals surface area contributed by atoms with Gasteiger partial charge in [0.2, 0.25) is 0 Å². The van der Waals surface area contributed by atoms with Crippen molar-refractivity contribution in [2.45, 2.75) is 39.7 Å². The molecule has 3 rings (SSSR count). The molecular weight excluding hydrogens is 355 g/mol. The fourth-order valence-electron chi connectivity index (χ4n) is 3.29. The Hall–Kier alpha value is -2.88. The number of hydrogen-bond acceptors (Lipinski definition) is 3. The van der Waals surface area contributed by atoms with Crippen LogP contribution in [0, 0.1) is 0 Å². The first-order valence-electron chi connectivity index (χ1n) is 9.46. The van der Waals surface area contributed by atoms with Gasteiger partial charge in [-0.15, -0.1) is 0 Å². The molecule has 0 fully saturated rings. The van der Waals surface area contributed by atoms with E-state index in [1.807, 2.05) is 57.2 Å². The average Bonchev–Trinajstić information content (AvgIpc) is 2.69. The van der Waals surface area contributed by atoms with Gasteiger partial charge >= 0.3 is 0 Å². The lowest BCUT2D eigenvalue weighted by atomic mass is 9.88. The van der Waals surface area contributed by atoms with E-state index in [2.05, 4.69) is 6.08 Å². The van der Waals surface area contributed by atoms with Crippen LogP contribution in [-0.4, -0.2) is 18.5 Å². The molecule has 0 atom stereocenters. The SMILES string of the molecule is CCCOc1cc2c(cc1/C(C)=C(/F)C=O)C(c1ccccc1)=CC(C)(C)O2. The minimum Gasteiger partial charge on any atom is -0.493 e. The fourth-order valence-corrected chi connectivity index (χ4v) is 3.29. The zero-order valence-corrected chi connectivity index (χ0v) is 16.7. The van der Waals surface area contributed by atoms with Crippen LogP contribution in [0.3, 0.4) is 0 Å². The second-order valence-corrected chi connectivity index (χ2v) is 7.41. The Kier molecular flexibility index (Phi) is 5.68. The summed E-state index contributed by atoms with van der Waals surface area (Å²) < 4.78 is 26.1. The van der Waals surface area contributed by atoms with E-state index in [1.54, 1.807) is 13.0 Å². The lowest BCUT2D eigenvalue weighted by Crippen LogP contribution is -2.29. The molecule has 0 saturated carbocycles. The number of halogens is 1. The number of allylic oxidation sites excluding steroid dienone is 2. The Labute approximate surface area is 165 Å². The molecule has 0 aliphatic carbocycles. The summed E-state index contributed by atoms with van der Waals surface area (Å²) in [7, 11) is 0. The van der Waals surface area contributed by atoms with Gasteiger partial charge in [-0.25, -0.2) is 4.39 Å². The van der Waals surface area contributed by atoms with Gasteiger partial charge in [0.25, 0.3) is 0 Å². The van der Waals surface area contributed by atoms with E-state index in [1.165, 1.54) is 0 Å². The average molecular weight is 380 g/mol. The summed E-state index contributed by atoms with van der Waals surface area (Å²) in [6, 6.07) is 13.7. The highest BCUT2D eigenvalue weighted by molar-refractivity contribution is 5.91. The molecule has 1 aliphatic heterocycles. The van der Waals surface area contributed by atoms with Crippen molar-refractivity contribution in [2.75, 3.05) is 6.61 Å². The maximum absolute atomic E-state index is 14.1. The second-order valence-electron chi connectivity index (χ2n) is 7.41. The number of carbonyl (C=O) groups is 1. The Morgan fingerprint density at radius 1 is 1.21 bits per heavy atom. The van der Waals surface area contributed by atoms with Crippen LogP contribution in [0.5, 0.6) is 11.5 Å². The van der Waals surface area contributed by atoms with Crippen molar-refractivity contribution in [2.24, 2.45) is 0 Å². The van der Waals surface area contributed by atoms with Gasteiger partial charge < -0.3 is 9.47 Å². The fraction of sp³-hybridized carbons (Fsp3) is 0.292. The van der Waals surface area contributed by atoms with Crippen LogP contribution in [0.1, 0.15) is 50.8 Å². The molecule has 0 spiro atoms. The molecule has 28 heavy (non-hydrogen) atoms. The van der Waals surface area contributed by atoms with Gasteiger partial charge in [0, 0.05) is 17.2 Å². The van der Waals surface area contributed by atoms with E-state index in [0.717, 1.165) is 23.1 Å². The largest absolute Gasteiger partial charge is 0.493 e. The molecule has 3 nitrogen and oxygen atoms in total. The summed E-state index contributed by atoms with van der Waals surface area (Å²) in [6.07, 6.45) is 3.11. The number of aldehydes is 1. The van der Waals surface area contributed by atoms with Crippen molar-refractivity contribution < 1.29 is 18.7 Å². The minimum absolute atomic E-state index is 0.228. The quantitative estimate of drug-likeness (QED) is 0.457. The van der Waals surface area contributed by atoms with Crippen molar-refractivity contribution in [3.8, 4) is 11.5 Å². The Bertz CT molecular complexity index is 940. The van der Waals surface area contributed by atoms with E-state index in [9.17, 15) is 9.18 Å². The van der Waals surface area contributed by atoms with Gasteiger partial charge in [-0.05, 0) is 56.0 Å². The second kappa shape index (κ2) is 8.01. The molecule has 0 radical (unpaired) electrons. The van der Waals surface area contributed by atoms with Crippen LogP contribution in [0.25, 0.3) is 11.1 Å². The van der Waals surface area contributed by atoms with Crippen LogP contribution in [0.2, 0.25) is 0 Å². The highest BCUT2D eigenvalue weighted by Gasteiger charge is 2.29. The van der Waals surface area contributed by atoms with Crippen LogP contribution >= 0.6 is 0 Å². The molecule has 0 aromatic heterocycles. The maximum Gasteiger partial charge on any atom is 0.178 e. The van der Waals surface area contributed by atoms with Crippen LogP contribution in [0.15, 0.2) is 54.4 Å². The molecule has 2 aromatic carbocycles. The third-order valence-electron chi connectivity index (χ3n) is 4.65. The van der Waals surface area contributed by atoms with Crippen molar-refractivity contribution in [3.63, 3.8) is 0 Å². The first kappa shape index (κ1) is 19.9. The molecule has 1 heterocycles. The predicted molar refractivity (Wildman–Crippen MR) is 110 cm³/mol. The molecule has 4 heteroatoms. The van der Waals surface area contributed by atoms with Crippen molar-refractivity contribution in [1.82, 2.24) is 0 Å². The number of fused-ring (bicyclic) bond motifs is 1. The molecule has 0 N–H and O–H groups in total. The summed E-state index contributed by atoms with van der Waals surface area (Å²) in [5, 5.41) is 0. The third-order valence-corrected chi connectivity index (χ3v) is 4.65. The van der Waals surface area contributed by atoms with Gasteiger partial charge in [-0.1, -0.05) is 37.3 Å². The van der Waals surface area contributed by atoms with E-state index in [0.29, 0.717) is 23.7 Å². The lowest BCUT2D eigenvalue weighted by Gasteiger charge is -2.32. The van der Waals surface area contributed by atoms with Crippen molar-refractivity contribution in [3.05, 3.63) is 71.1 Å². The van der Waals surface area contributed by atoms with Gasteiger partial charge in [-0.3, -0.25) is 4.79 Å². The normalized spacial score (nSPS) is 15.7. The number of carbonyl (C=O) groups excluding carboxylic acids is 1. The third kappa shape index (κ3) is 4.01. The van der Waals surface area contributed by atoms with Gasteiger partial charge in [-0.2, -0.15) is 0 Å². The summed E-state index contributed by atoms with van der Waals surface area (Å²) in [6.45, 7) is 8.08. The topological polar surface area (TPSA) is 35.5 Å². The van der Waals surface area contributed by atoms with Gasteiger partial charge in [0.15, 0.2) is 12.1 Å². The molecule has 1 aliphatic rings. The Morgan fingerprint density at radius 2 is 1.93 bits per heavy atom. The number of benzene rings is 2. The zero-order chi connectivity index (χ0) is 20.3. The standard InChI is InChI=1S/C24H25FO3/c1-5-11-27-22-13-23-19(12-18(22)16(2)21(25)15-26)20(14-24(3,4)28-23)17-9-7-6-8-10-17/h6-10,12-15H,5,11H2,1-4H3/b21-16+.